The monoisotopic (exact) mass is 610 g/mol. The molecule has 0 radical (unpaired) electrons. The maximum Gasteiger partial charge on any atom is 0.341 e. The molecule has 0 heterocycles. The maximum absolute atomic E-state index is 10.7. The fraction of sp³-hybridized carbons (Fsp3) is 0.0870. The molecule has 0 bridgehead atoms. The molecule has 0 amide bonds. The maximum atomic E-state index is 10.7. The quantitative estimate of drug-likeness (QED) is 0.265. The fourth-order valence-corrected chi connectivity index (χ4v) is 5.01. The van der Waals surface area contributed by atoms with Crippen molar-refractivity contribution in [2.24, 2.45) is 0 Å². The van der Waals surface area contributed by atoms with Crippen LogP contribution in [0, 0.1) is 0 Å². The minimum Gasteiger partial charge on any atom is -0.481 e. The number of aliphatic carboxylic acids is 1. The van der Waals surface area contributed by atoms with Gasteiger partial charge in [-0.1, -0.05) is 62.2 Å². The van der Waals surface area contributed by atoms with E-state index in [-0.39, 0.29) is 6.61 Å². The van der Waals surface area contributed by atoms with Gasteiger partial charge in [0.15, 0.2) is 6.61 Å². The van der Waals surface area contributed by atoms with Crippen LogP contribution < -0.4 is 4.74 Å². The van der Waals surface area contributed by atoms with E-state index in [2.05, 4.69) is 78.1 Å². The first-order chi connectivity index (χ1) is 14.4. The van der Waals surface area contributed by atoms with Crippen molar-refractivity contribution in [3.8, 4) is 5.75 Å². The van der Waals surface area contributed by atoms with Crippen LogP contribution in [-0.2, 0) is 4.79 Å². The summed E-state index contributed by atoms with van der Waals surface area (Å²) in [6.45, 7) is -0.365. The van der Waals surface area contributed by atoms with Crippen LogP contribution in [0.3, 0.4) is 0 Å². The molecule has 0 saturated heterocycles. The lowest BCUT2D eigenvalue weighted by Crippen LogP contribution is -2.09. The number of ether oxygens (including phenoxy) is 1. The number of carbonyl (C=O) groups is 1. The van der Waals surface area contributed by atoms with Gasteiger partial charge in [-0.25, -0.2) is 4.79 Å². The molecule has 154 valence electrons. The van der Waals surface area contributed by atoms with Gasteiger partial charge in [0.1, 0.15) is 5.75 Å². The number of carboxylic acids is 1. The van der Waals surface area contributed by atoms with Crippen molar-refractivity contribution in [1.82, 2.24) is 0 Å². The number of rotatable bonds is 8. The number of hydrogen-bond acceptors (Lipinski definition) is 3. The van der Waals surface area contributed by atoms with Crippen LogP contribution in [0.5, 0.6) is 5.75 Å². The van der Waals surface area contributed by atoms with Gasteiger partial charge in [-0.2, -0.15) is 0 Å². The minimum atomic E-state index is -1.00. The van der Waals surface area contributed by atoms with Crippen molar-refractivity contribution >= 4 is 71.1 Å². The van der Waals surface area contributed by atoms with Crippen LogP contribution in [0.15, 0.2) is 91.1 Å². The third-order valence-corrected chi connectivity index (χ3v) is 6.59. The van der Waals surface area contributed by atoms with Crippen molar-refractivity contribution in [1.29, 1.82) is 0 Å². The molecule has 3 nitrogen and oxygen atoms in total. The van der Waals surface area contributed by atoms with Crippen LogP contribution >= 0.6 is 59.6 Å². The molecule has 3 aromatic carbocycles. The van der Waals surface area contributed by atoms with Gasteiger partial charge in [-0.15, -0.1) is 11.8 Å². The molecule has 7 heteroatoms. The van der Waals surface area contributed by atoms with Gasteiger partial charge in [0.25, 0.3) is 0 Å². The minimum absolute atomic E-state index is 0.365. The lowest BCUT2D eigenvalue weighted by atomic mass is 9.98. The van der Waals surface area contributed by atoms with Gasteiger partial charge in [0.2, 0.25) is 0 Å². The van der Waals surface area contributed by atoms with Gasteiger partial charge in [0.05, 0.1) is 4.47 Å². The molecule has 0 spiro atoms. The van der Waals surface area contributed by atoms with E-state index in [1.807, 2.05) is 36.4 Å². The van der Waals surface area contributed by atoms with Crippen molar-refractivity contribution in [3.05, 3.63) is 97.4 Å². The predicted octanol–water partition coefficient (Wildman–Crippen LogP) is 7.66. The lowest BCUT2D eigenvalue weighted by Gasteiger charge is -2.11. The number of carboxylic acid groups (broad SMARTS) is 1. The second-order valence-corrected chi connectivity index (χ2v) is 10.0. The van der Waals surface area contributed by atoms with Crippen LogP contribution in [0.25, 0.3) is 5.57 Å². The number of halogens is 3. The van der Waals surface area contributed by atoms with Crippen LogP contribution in [-0.4, -0.2) is 23.4 Å². The first-order valence-electron chi connectivity index (χ1n) is 8.91. The van der Waals surface area contributed by atoms with Crippen LogP contribution in [0.4, 0.5) is 0 Å². The Hall–Kier alpha value is -1.54. The van der Waals surface area contributed by atoms with E-state index in [9.17, 15) is 4.79 Å². The Morgan fingerprint density at radius 1 is 0.933 bits per heavy atom. The molecule has 0 aliphatic rings. The Kier molecular flexibility index (Phi) is 8.62. The van der Waals surface area contributed by atoms with Gasteiger partial charge < -0.3 is 9.84 Å². The zero-order valence-electron chi connectivity index (χ0n) is 15.6. The molecule has 0 atom stereocenters. The first kappa shape index (κ1) is 23.1. The Labute approximate surface area is 204 Å². The highest BCUT2D eigenvalue weighted by molar-refractivity contribution is 9.11. The smallest absolute Gasteiger partial charge is 0.341 e. The van der Waals surface area contributed by atoms with Gasteiger partial charge in [-0.05, 0) is 75.1 Å². The fourth-order valence-electron chi connectivity index (χ4n) is 2.76. The summed E-state index contributed by atoms with van der Waals surface area (Å²) in [5.41, 5.74) is 3.44. The van der Waals surface area contributed by atoms with E-state index in [0.717, 1.165) is 40.8 Å². The molecule has 0 aliphatic carbocycles. The Balaban J connectivity index is 1.79. The lowest BCUT2D eigenvalue weighted by molar-refractivity contribution is -0.139. The van der Waals surface area contributed by atoms with Gasteiger partial charge >= 0.3 is 5.97 Å². The molecule has 0 aliphatic heterocycles. The van der Waals surface area contributed by atoms with Crippen molar-refractivity contribution in [2.45, 2.75) is 4.90 Å². The standard InChI is InChI=1S/C23H17Br3O3S/c24-17-5-1-3-15(11-17)20(16-4-2-6-18(25)12-16)9-10-30-19-7-8-22(21(26)13-19)29-14-23(27)28/h1-9,11-13H,10,14H2,(H,27,28). The highest BCUT2D eigenvalue weighted by atomic mass is 79.9. The largest absolute Gasteiger partial charge is 0.481 e. The van der Waals surface area contributed by atoms with Crippen molar-refractivity contribution in [2.75, 3.05) is 12.4 Å². The summed E-state index contributed by atoms with van der Waals surface area (Å²) in [5, 5.41) is 8.75. The van der Waals surface area contributed by atoms with Gasteiger partial charge in [-0.3, -0.25) is 0 Å². The van der Waals surface area contributed by atoms with Crippen LogP contribution in [0.2, 0.25) is 0 Å². The third kappa shape index (κ3) is 6.74. The molecule has 30 heavy (non-hydrogen) atoms. The molecule has 0 saturated carbocycles. The summed E-state index contributed by atoms with van der Waals surface area (Å²) >= 11 is 12.3. The van der Waals surface area contributed by atoms with E-state index in [1.165, 1.54) is 0 Å². The zero-order chi connectivity index (χ0) is 21.5. The van der Waals surface area contributed by atoms with E-state index in [4.69, 9.17) is 9.84 Å². The number of thioether (sulfide) groups is 1. The summed E-state index contributed by atoms with van der Waals surface area (Å²) in [6, 6.07) is 22.2. The second-order valence-electron chi connectivity index (χ2n) is 6.22. The number of hydrogen-bond donors (Lipinski definition) is 1. The molecule has 1 N–H and O–H groups in total. The van der Waals surface area contributed by atoms with E-state index < -0.39 is 5.97 Å². The SMILES string of the molecule is O=C(O)COc1ccc(SCC=C(c2cccc(Br)c2)c2cccc(Br)c2)cc1Br. The highest BCUT2D eigenvalue weighted by Crippen LogP contribution is 2.32. The van der Waals surface area contributed by atoms with E-state index in [1.54, 1.807) is 17.8 Å². The summed E-state index contributed by atoms with van der Waals surface area (Å²) in [4.78, 5) is 11.7. The summed E-state index contributed by atoms with van der Waals surface area (Å²) in [5.74, 6) is 0.287. The predicted molar refractivity (Wildman–Crippen MR) is 133 cm³/mol. The second kappa shape index (κ2) is 11.2. The summed E-state index contributed by atoms with van der Waals surface area (Å²) in [7, 11) is 0. The van der Waals surface area contributed by atoms with Crippen molar-refractivity contribution in [3.63, 3.8) is 0 Å². The molecular weight excluding hydrogens is 596 g/mol. The van der Waals surface area contributed by atoms with E-state index in [0.29, 0.717) is 5.75 Å². The average Bonchev–Trinajstić information content (AvgIpc) is 2.70. The average molecular weight is 613 g/mol. The van der Waals surface area contributed by atoms with Gasteiger partial charge in [0, 0.05) is 19.6 Å². The zero-order valence-corrected chi connectivity index (χ0v) is 21.2. The molecule has 0 fully saturated rings. The molecular formula is C23H17Br3O3S. The Bertz CT molecular complexity index is 1040. The third-order valence-electron chi connectivity index (χ3n) is 4.06. The van der Waals surface area contributed by atoms with E-state index >= 15 is 0 Å². The normalized spacial score (nSPS) is 10.5. The number of benzene rings is 3. The summed E-state index contributed by atoms with van der Waals surface area (Å²) in [6.07, 6.45) is 2.22. The summed E-state index contributed by atoms with van der Waals surface area (Å²) < 4.78 is 8.06. The Morgan fingerprint density at radius 3 is 2.10 bits per heavy atom. The Morgan fingerprint density at radius 2 is 1.57 bits per heavy atom. The molecule has 3 rings (SSSR count). The molecule has 3 aromatic rings. The van der Waals surface area contributed by atoms with Crippen LogP contribution in [0.1, 0.15) is 11.1 Å². The van der Waals surface area contributed by atoms with Crippen molar-refractivity contribution < 1.29 is 14.6 Å². The molecule has 0 aromatic heterocycles. The molecule has 0 unspecified atom stereocenters. The highest BCUT2D eigenvalue weighted by Gasteiger charge is 2.08. The first-order valence-corrected chi connectivity index (χ1v) is 12.3. The topological polar surface area (TPSA) is 46.5 Å².